The van der Waals surface area contributed by atoms with Gasteiger partial charge in [0.05, 0.1) is 6.04 Å². The summed E-state index contributed by atoms with van der Waals surface area (Å²) < 4.78 is 6.10. The first-order chi connectivity index (χ1) is 15.4. The van der Waals surface area contributed by atoms with Gasteiger partial charge in [-0.2, -0.15) is 0 Å². The number of urea groups is 1. The number of ether oxygens (including phenoxy) is 1. The Hall–Kier alpha value is -2.54. The van der Waals surface area contributed by atoms with E-state index in [0.717, 1.165) is 24.2 Å². The Morgan fingerprint density at radius 1 is 1.25 bits per heavy atom. The number of nitrogens with zero attached hydrogens (tertiary/aromatic N) is 2. The number of thiophene rings is 1. The fraction of sp³-hybridized carbons (Fsp3) is 0.520. The minimum absolute atomic E-state index is 0.0355. The molecule has 0 aliphatic carbocycles. The molecule has 6 nitrogen and oxygen atoms in total. The number of nitrogens with one attached hydrogen (secondary N) is 1. The van der Waals surface area contributed by atoms with Crippen molar-refractivity contribution in [1.82, 2.24) is 15.1 Å². The van der Waals surface area contributed by atoms with Crippen LogP contribution in [0.15, 0.2) is 35.7 Å². The van der Waals surface area contributed by atoms with Gasteiger partial charge in [0.2, 0.25) is 5.91 Å². The number of hydrogen-bond donors (Lipinski definition) is 1. The molecule has 0 spiro atoms. The Morgan fingerprint density at radius 2 is 2.00 bits per heavy atom. The third-order valence-corrected chi connectivity index (χ3v) is 6.57. The van der Waals surface area contributed by atoms with Crippen molar-refractivity contribution >= 4 is 23.3 Å². The molecule has 7 heteroatoms. The van der Waals surface area contributed by atoms with E-state index < -0.39 is 0 Å². The summed E-state index contributed by atoms with van der Waals surface area (Å²) in [7, 11) is 0. The Labute approximate surface area is 195 Å². The average molecular weight is 458 g/mol. The van der Waals surface area contributed by atoms with Gasteiger partial charge in [0.1, 0.15) is 18.9 Å². The second kappa shape index (κ2) is 11.4. The highest BCUT2D eigenvalue weighted by atomic mass is 32.1. The molecule has 1 unspecified atom stereocenters. The van der Waals surface area contributed by atoms with Crippen LogP contribution in [0.25, 0.3) is 0 Å². The van der Waals surface area contributed by atoms with Gasteiger partial charge in [-0.05, 0) is 54.8 Å². The first kappa shape index (κ1) is 24.1. The standard InChI is InChI=1S/C25H35N3O3S/c1-5-12-26-25(30)27(15-18(2)3)16-24(29)28-13-10-23-21(11-14-32-23)22(28)17-31-20-8-6-19(4)7-9-20/h6-9,11,14,18,22H,5,10,12-13,15-17H2,1-4H3,(H,26,30). The summed E-state index contributed by atoms with van der Waals surface area (Å²) in [4.78, 5) is 30.9. The largest absolute Gasteiger partial charge is 0.491 e. The summed E-state index contributed by atoms with van der Waals surface area (Å²) >= 11 is 1.73. The van der Waals surface area contributed by atoms with Gasteiger partial charge in [0.25, 0.3) is 0 Å². The smallest absolute Gasteiger partial charge is 0.317 e. The van der Waals surface area contributed by atoms with Crippen molar-refractivity contribution in [1.29, 1.82) is 0 Å². The van der Waals surface area contributed by atoms with Gasteiger partial charge in [-0.15, -0.1) is 11.3 Å². The van der Waals surface area contributed by atoms with Crippen LogP contribution in [0.3, 0.4) is 0 Å². The predicted molar refractivity (Wildman–Crippen MR) is 129 cm³/mol. The molecule has 32 heavy (non-hydrogen) atoms. The highest BCUT2D eigenvalue weighted by Gasteiger charge is 2.33. The van der Waals surface area contributed by atoms with Crippen LogP contribution in [0.2, 0.25) is 0 Å². The molecule has 3 amide bonds. The molecule has 1 aliphatic rings. The molecule has 2 heterocycles. The molecule has 0 fully saturated rings. The van der Waals surface area contributed by atoms with Crippen molar-refractivity contribution < 1.29 is 14.3 Å². The SMILES string of the molecule is CCCNC(=O)N(CC(=O)N1CCc2sccc2C1COc1ccc(C)cc1)CC(C)C. The van der Waals surface area contributed by atoms with Gasteiger partial charge >= 0.3 is 6.03 Å². The second-order valence-corrected chi connectivity index (χ2v) is 9.78. The number of carbonyl (C=O) groups excluding carboxylic acids is 2. The van der Waals surface area contributed by atoms with E-state index in [-0.39, 0.29) is 30.4 Å². The molecule has 3 rings (SSSR count). The Balaban J connectivity index is 1.74. The van der Waals surface area contributed by atoms with Crippen molar-refractivity contribution in [2.45, 2.75) is 46.6 Å². The lowest BCUT2D eigenvalue weighted by molar-refractivity contribution is -0.135. The number of aryl methyl sites for hydroxylation is 1. The summed E-state index contributed by atoms with van der Waals surface area (Å²) in [5.41, 5.74) is 2.34. The van der Waals surface area contributed by atoms with Crippen molar-refractivity contribution in [3.8, 4) is 5.75 Å². The fourth-order valence-corrected chi connectivity index (χ4v) is 4.87. The van der Waals surface area contributed by atoms with Gasteiger partial charge in [-0.1, -0.05) is 38.5 Å². The zero-order valence-corrected chi connectivity index (χ0v) is 20.4. The first-order valence-corrected chi connectivity index (χ1v) is 12.3. The van der Waals surface area contributed by atoms with Crippen LogP contribution < -0.4 is 10.1 Å². The number of benzene rings is 1. The molecular formula is C25H35N3O3S. The van der Waals surface area contributed by atoms with Gasteiger partial charge < -0.3 is 19.9 Å². The molecule has 0 saturated heterocycles. The maximum absolute atomic E-state index is 13.4. The third-order valence-electron chi connectivity index (χ3n) is 5.57. The fourth-order valence-electron chi connectivity index (χ4n) is 3.94. The topological polar surface area (TPSA) is 61.9 Å². The maximum atomic E-state index is 13.4. The molecule has 0 radical (unpaired) electrons. The lowest BCUT2D eigenvalue weighted by Gasteiger charge is -2.37. The van der Waals surface area contributed by atoms with Crippen LogP contribution >= 0.6 is 11.3 Å². The number of rotatable bonds is 9. The predicted octanol–water partition coefficient (Wildman–Crippen LogP) is 4.64. The summed E-state index contributed by atoms with van der Waals surface area (Å²) in [6.45, 7) is 10.4. The number of fused-ring (bicyclic) bond motifs is 1. The van der Waals surface area contributed by atoms with Crippen molar-refractivity contribution in [3.63, 3.8) is 0 Å². The van der Waals surface area contributed by atoms with Crippen molar-refractivity contribution in [3.05, 3.63) is 51.7 Å². The molecule has 1 N–H and O–H groups in total. The highest BCUT2D eigenvalue weighted by Crippen LogP contribution is 2.34. The van der Waals surface area contributed by atoms with E-state index in [9.17, 15) is 9.59 Å². The van der Waals surface area contributed by atoms with Crippen LogP contribution in [0, 0.1) is 12.8 Å². The molecule has 174 valence electrons. The third kappa shape index (κ3) is 6.25. The van der Waals surface area contributed by atoms with Gasteiger partial charge in [0.15, 0.2) is 0 Å². The van der Waals surface area contributed by atoms with Crippen LogP contribution in [0.4, 0.5) is 4.79 Å². The van der Waals surface area contributed by atoms with Crippen LogP contribution in [0.5, 0.6) is 5.75 Å². The van der Waals surface area contributed by atoms with Crippen LogP contribution in [-0.2, 0) is 11.2 Å². The normalized spacial score (nSPS) is 15.4. The quantitative estimate of drug-likeness (QED) is 0.597. The number of carbonyl (C=O) groups is 2. The second-order valence-electron chi connectivity index (χ2n) is 8.78. The highest BCUT2D eigenvalue weighted by molar-refractivity contribution is 7.10. The molecular weight excluding hydrogens is 422 g/mol. The molecule has 0 bridgehead atoms. The van der Waals surface area contributed by atoms with E-state index in [2.05, 4.69) is 30.6 Å². The molecule has 0 saturated carbocycles. The van der Waals surface area contributed by atoms with Crippen molar-refractivity contribution in [2.24, 2.45) is 5.92 Å². The molecule has 1 aliphatic heterocycles. The van der Waals surface area contributed by atoms with Gasteiger partial charge in [-0.3, -0.25) is 4.79 Å². The minimum Gasteiger partial charge on any atom is -0.491 e. The number of hydrogen-bond acceptors (Lipinski definition) is 4. The monoisotopic (exact) mass is 457 g/mol. The minimum atomic E-state index is -0.172. The molecule has 2 aromatic rings. The van der Waals surface area contributed by atoms with E-state index in [1.54, 1.807) is 16.2 Å². The van der Waals surface area contributed by atoms with Crippen LogP contribution in [0.1, 0.15) is 49.2 Å². The van der Waals surface area contributed by atoms with E-state index in [0.29, 0.717) is 26.2 Å². The van der Waals surface area contributed by atoms with E-state index >= 15 is 0 Å². The average Bonchev–Trinajstić information content (AvgIpc) is 3.25. The Kier molecular flexibility index (Phi) is 8.56. The van der Waals surface area contributed by atoms with E-state index in [1.165, 1.54) is 10.4 Å². The summed E-state index contributed by atoms with van der Waals surface area (Å²) in [5, 5.41) is 5.00. The zero-order chi connectivity index (χ0) is 23.1. The Bertz CT molecular complexity index is 894. The van der Waals surface area contributed by atoms with E-state index in [1.807, 2.05) is 43.0 Å². The zero-order valence-electron chi connectivity index (χ0n) is 19.6. The molecule has 1 aromatic heterocycles. The van der Waals surface area contributed by atoms with Crippen molar-refractivity contribution in [2.75, 3.05) is 32.8 Å². The van der Waals surface area contributed by atoms with E-state index in [4.69, 9.17) is 4.74 Å². The summed E-state index contributed by atoms with van der Waals surface area (Å²) in [6.07, 6.45) is 1.70. The van der Waals surface area contributed by atoms with Crippen LogP contribution in [-0.4, -0.2) is 54.5 Å². The molecule has 1 aromatic carbocycles. The van der Waals surface area contributed by atoms with Gasteiger partial charge in [-0.25, -0.2) is 4.79 Å². The lowest BCUT2D eigenvalue weighted by Crippen LogP contribution is -2.50. The summed E-state index contributed by atoms with van der Waals surface area (Å²) in [5.74, 6) is 1.04. The maximum Gasteiger partial charge on any atom is 0.317 e. The molecule has 1 atom stereocenters. The first-order valence-electron chi connectivity index (χ1n) is 11.5. The lowest BCUT2D eigenvalue weighted by atomic mass is 10.0. The summed E-state index contributed by atoms with van der Waals surface area (Å²) in [6, 6.07) is 9.74. The number of amides is 3. The van der Waals surface area contributed by atoms with Gasteiger partial charge in [0, 0.05) is 24.5 Å². The Morgan fingerprint density at radius 3 is 2.69 bits per heavy atom.